The smallest absolute Gasteiger partial charge is 0.0786 e. The van der Waals surface area contributed by atoms with E-state index in [0.717, 1.165) is 83.9 Å². The van der Waals surface area contributed by atoms with Gasteiger partial charge < -0.3 is 9.13 Å². The van der Waals surface area contributed by atoms with Crippen molar-refractivity contribution in [1.82, 2.24) is 14.1 Å². The minimum atomic E-state index is 0.858. The first-order valence-corrected chi connectivity index (χ1v) is 21.6. The molecule has 0 amide bonds. The molecule has 3 aromatic heterocycles. The van der Waals surface area contributed by atoms with Crippen LogP contribution in [-0.4, -0.2) is 19.8 Å². The number of aliphatic imine (C=N–C) groups is 1. The van der Waals surface area contributed by atoms with Gasteiger partial charge in [-0.05, 0) is 89.3 Å². The van der Waals surface area contributed by atoms with Crippen LogP contribution >= 0.6 is 0 Å². The lowest BCUT2D eigenvalue weighted by Crippen LogP contribution is -1.98. The van der Waals surface area contributed by atoms with Crippen molar-refractivity contribution >= 4 is 60.6 Å². The number of hydrogen-bond acceptors (Lipinski definition) is 2. The van der Waals surface area contributed by atoms with Gasteiger partial charge in [0.25, 0.3) is 0 Å². The molecule has 8 aromatic carbocycles. The normalized spacial score (nSPS) is 12.8. The van der Waals surface area contributed by atoms with Crippen LogP contribution in [0.4, 0.5) is 0 Å². The average Bonchev–Trinajstić information content (AvgIpc) is 3.82. The number of hydrogen-bond donors (Lipinski definition) is 0. The molecule has 0 N–H and O–H groups in total. The molecule has 0 aliphatic carbocycles. The quantitative estimate of drug-likeness (QED) is 0.148. The maximum atomic E-state index is 5.33. The molecule has 12 rings (SSSR count). The second-order valence-corrected chi connectivity index (χ2v) is 16.2. The lowest BCUT2D eigenvalue weighted by molar-refractivity contribution is 1.18. The van der Waals surface area contributed by atoms with Crippen molar-refractivity contribution in [3.8, 4) is 33.6 Å². The van der Waals surface area contributed by atoms with E-state index in [9.17, 15) is 0 Å². The number of para-hydroxylation sites is 2. The zero-order valence-corrected chi connectivity index (χ0v) is 35.0. The Balaban J connectivity index is 0.969. The summed E-state index contributed by atoms with van der Waals surface area (Å²) in [5, 5.41) is 4.86. The van der Waals surface area contributed by atoms with Crippen molar-refractivity contribution in [2.75, 3.05) is 0 Å². The SMILES string of the molecule is CC1=C(c2cncc(-c3ccc4c5ccccc5n(-c5ccc(-c6cccc7c6c6ccccc6n7-c6cc#ccc6)cc5)c4c3)c2)N=C(c2ccccc2)C=C=C1c1ccccc1. The fourth-order valence-corrected chi connectivity index (χ4v) is 9.51. The molecule has 0 saturated carbocycles. The number of benzene rings is 7. The summed E-state index contributed by atoms with van der Waals surface area (Å²) < 4.78 is 4.72. The van der Waals surface area contributed by atoms with Crippen LogP contribution < -0.4 is 0 Å². The molecule has 0 atom stereocenters. The Morgan fingerprint density at radius 3 is 1.89 bits per heavy atom. The van der Waals surface area contributed by atoms with Crippen LogP contribution in [0.2, 0.25) is 0 Å². The minimum Gasteiger partial charge on any atom is -0.309 e. The molecule has 0 spiro atoms. The van der Waals surface area contributed by atoms with Gasteiger partial charge >= 0.3 is 0 Å². The Bertz CT molecular complexity index is 3730. The van der Waals surface area contributed by atoms with Gasteiger partial charge in [-0.25, -0.2) is 4.99 Å². The van der Waals surface area contributed by atoms with Crippen molar-refractivity contribution in [3.63, 3.8) is 0 Å². The number of pyridine rings is 1. The van der Waals surface area contributed by atoms with Gasteiger partial charge in [-0.1, -0.05) is 146 Å². The Kier molecular flexibility index (Phi) is 8.87. The maximum absolute atomic E-state index is 5.33. The molecule has 0 fully saturated rings. The van der Waals surface area contributed by atoms with E-state index in [1.54, 1.807) is 0 Å². The number of allylic oxidation sites excluding steroid dienone is 2. The van der Waals surface area contributed by atoms with E-state index in [0.29, 0.717) is 0 Å². The van der Waals surface area contributed by atoms with Crippen LogP contribution in [-0.2, 0) is 0 Å². The summed E-state index contributed by atoms with van der Waals surface area (Å²) in [7, 11) is 0. The van der Waals surface area contributed by atoms with Crippen LogP contribution in [0.3, 0.4) is 0 Å². The third kappa shape index (κ3) is 6.19. The molecular formula is C60H38N4. The van der Waals surface area contributed by atoms with Gasteiger partial charge in [0.05, 0.1) is 39.2 Å². The molecule has 4 nitrogen and oxygen atoms in total. The predicted octanol–water partition coefficient (Wildman–Crippen LogP) is 14.7. The monoisotopic (exact) mass is 814 g/mol. The molecule has 4 heterocycles. The van der Waals surface area contributed by atoms with Crippen LogP contribution in [0.1, 0.15) is 23.6 Å². The van der Waals surface area contributed by atoms with E-state index in [-0.39, 0.29) is 0 Å². The second-order valence-electron chi connectivity index (χ2n) is 16.2. The Labute approximate surface area is 371 Å². The molecule has 298 valence electrons. The Morgan fingerprint density at radius 1 is 0.453 bits per heavy atom. The second kappa shape index (κ2) is 15.3. The zero-order chi connectivity index (χ0) is 42.6. The lowest BCUT2D eigenvalue weighted by atomic mass is 9.95. The molecule has 11 aromatic rings. The lowest BCUT2D eigenvalue weighted by Gasteiger charge is -2.13. The first-order valence-electron chi connectivity index (χ1n) is 21.6. The number of fused-ring (bicyclic) bond motifs is 6. The summed E-state index contributed by atoms with van der Waals surface area (Å²) in [4.78, 5) is 10.2. The van der Waals surface area contributed by atoms with Crippen molar-refractivity contribution < 1.29 is 0 Å². The van der Waals surface area contributed by atoms with Crippen molar-refractivity contribution in [2.45, 2.75) is 6.92 Å². The molecule has 0 saturated heterocycles. The van der Waals surface area contributed by atoms with Crippen molar-refractivity contribution in [1.29, 1.82) is 0 Å². The van der Waals surface area contributed by atoms with Gasteiger partial charge in [0, 0.05) is 74.0 Å². The van der Waals surface area contributed by atoms with Gasteiger partial charge in [0.2, 0.25) is 0 Å². The molecule has 4 heteroatoms. The standard InChI is InChI=1S/C60H38N4/c1-40-49(41-16-5-2-6-17-41)34-35-54(43-18-7-3-8-19-43)62-60(40)46-36-45(38-61-39-46)44-30-33-52-51-22-11-13-25-55(51)64(58(52)37-44)48-31-28-42(29-32-48)50-24-15-27-57-59(50)53-23-12-14-26-56(53)63(57)47-20-9-4-10-21-47/h2-3,5-9,11-33,35-39H,1H3. The van der Waals surface area contributed by atoms with Crippen LogP contribution in [0.15, 0.2) is 229 Å². The third-order valence-corrected chi connectivity index (χ3v) is 12.5. The van der Waals surface area contributed by atoms with E-state index >= 15 is 0 Å². The highest BCUT2D eigenvalue weighted by molar-refractivity contribution is 6.16. The Hall–Kier alpha value is -8.74. The topological polar surface area (TPSA) is 35.1 Å². The Morgan fingerprint density at radius 2 is 1.11 bits per heavy atom. The number of rotatable bonds is 7. The van der Waals surface area contributed by atoms with Gasteiger partial charge in [-0.2, -0.15) is 0 Å². The van der Waals surface area contributed by atoms with Gasteiger partial charge in [0.15, 0.2) is 0 Å². The number of aromatic nitrogens is 3. The molecule has 0 bridgehead atoms. The van der Waals surface area contributed by atoms with Gasteiger partial charge in [-0.3, -0.25) is 4.98 Å². The average molecular weight is 815 g/mol. The number of nitrogens with zero attached hydrogens (tertiary/aromatic N) is 4. The summed E-state index contributed by atoms with van der Waals surface area (Å²) in [6.45, 7) is 2.14. The molecule has 64 heavy (non-hydrogen) atoms. The molecule has 0 unspecified atom stereocenters. The van der Waals surface area contributed by atoms with Gasteiger partial charge in [0.1, 0.15) is 0 Å². The minimum absolute atomic E-state index is 0.858. The first-order chi connectivity index (χ1) is 31.7. The summed E-state index contributed by atoms with van der Waals surface area (Å²) in [5.74, 6) is 0. The molecule has 0 radical (unpaired) electrons. The highest BCUT2D eigenvalue weighted by Gasteiger charge is 2.19. The molecular weight excluding hydrogens is 777 g/mol. The molecule has 1 aliphatic heterocycles. The van der Waals surface area contributed by atoms with E-state index in [1.807, 2.05) is 54.9 Å². The van der Waals surface area contributed by atoms with Gasteiger partial charge in [-0.15, -0.1) is 5.73 Å². The van der Waals surface area contributed by atoms with Crippen LogP contribution in [0, 0.1) is 12.1 Å². The van der Waals surface area contributed by atoms with Crippen molar-refractivity contribution in [2.24, 2.45) is 4.99 Å². The summed E-state index contributed by atoms with van der Waals surface area (Å²) in [6, 6.07) is 75.0. The van der Waals surface area contributed by atoms with E-state index in [4.69, 9.17) is 9.98 Å². The molecule has 1 aliphatic rings. The summed E-state index contributed by atoms with van der Waals surface area (Å²) in [6.07, 6.45) is 5.89. The first kappa shape index (κ1) is 37.1. The maximum Gasteiger partial charge on any atom is 0.0786 e. The van der Waals surface area contributed by atoms with E-state index in [1.165, 1.54) is 32.6 Å². The predicted molar refractivity (Wildman–Crippen MR) is 265 cm³/mol. The summed E-state index contributed by atoms with van der Waals surface area (Å²) in [5.41, 5.74) is 21.7. The fourth-order valence-electron chi connectivity index (χ4n) is 9.51. The van der Waals surface area contributed by atoms with E-state index < -0.39 is 0 Å². The van der Waals surface area contributed by atoms with Crippen LogP contribution in [0.5, 0.6) is 0 Å². The highest BCUT2D eigenvalue weighted by Crippen LogP contribution is 2.41. The zero-order valence-electron chi connectivity index (χ0n) is 35.0. The van der Waals surface area contributed by atoms with Crippen molar-refractivity contribution in [3.05, 3.63) is 253 Å². The largest absolute Gasteiger partial charge is 0.309 e. The van der Waals surface area contributed by atoms with E-state index in [2.05, 4.69) is 192 Å². The fraction of sp³-hybridized carbons (Fsp3) is 0.0167. The highest BCUT2D eigenvalue weighted by atomic mass is 15.0. The summed E-state index contributed by atoms with van der Waals surface area (Å²) >= 11 is 0. The third-order valence-electron chi connectivity index (χ3n) is 12.5. The van der Waals surface area contributed by atoms with Crippen LogP contribution in [0.25, 0.3) is 88.5 Å².